The highest BCUT2D eigenvalue weighted by Crippen LogP contribution is 2.34. The largest absolute Gasteiger partial charge is 0.299 e. The zero-order valence-corrected chi connectivity index (χ0v) is 17.9. The number of nitrogens with zero attached hydrogens (tertiary/aromatic N) is 3. The number of allylic oxidation sites excluding steroid dienone is 1. The molecule has 2 heterocycles. The maximum atomic E-state index is 12.5. The van der Waals surface area contributed by atoms with Crippen molar-refractivity contribution in [2.45, 2.75) is 30.6 Å². The van der Waals surface area contributed by atoms with Crippen LogP contribution in [0.15, 0.2) is 53.7 Å². The fourth-order valence-corrected chi connectivity index (χ4v) is 4.86. The number of nitrogens with one attached hydrogen (secondary N) is 1. The summed E-state index contributed by atoms with van der Waals surface area (Å²) in [6, 6.07) is 9.24. The Morgan fingerprint density at radius 3 is 2.68 bits per heavy atom. The van der Waals surface area contributed by atoms with Crippen molar-refractivity contribution in [2.75, 3.05) is 4.72 Å². The minimum absolute atomic E-state index is 0.112. The van der Waals surface area contributed by atoms with Crippen LogP contribution in [0.25, 0.3) is 17.2 Å². The Kier molecular flexibility index (Phi) is 4.74. The van der Waals surface area contributed by atoms with E-state index in [0.29, 0.717) is 12.1 Å². The molecule has 3 aromatic rings. The van der Waals surface area contributed by atoms with E-state index < -0.39 is 10.0 Å². The summed E-state index contributed by atoms with van der Waals surface area (Å²) in [5.74, 6) is 0.480. The smallest absolute Gasteiger partial charge is 0.265 e. The number of aryl methyl sites for hydroxylation is 1. The first-order valence-corrected chi connectivity index (χ1v) is 11.7. The van der Waals surface area contributed by atoms with Crippen LogP contribution in [-0.2, 0) is 34.7 Å². The van der Waals surface area contributed by atoms with Gasteiger partial charge in [0.1, 0.15) is 10.7 Å². The molecule has 2 aromatic heterocycles. The highest BCUT2D eigenvalue weighted by molar-refractivity contribution is 7.92. The third-order valence-corrected chi connectivity index (χ3v) is 6.95. The van der Waals surface area contributed by atoms with E-state index in [1.165, 1.54) is 17.1 Å². The topological polar surface area (TPSA) is 94.0 Å². The number of fused-ring (bicyclic) bond motifs is 1. The molecule has 0 bridgehead atoms. The number of hydrogen-bond donors (Lipinski definition) is 1. The first kappa shape index (κ1) is 19.7. The van der Waals surface area contributed by atoms with E-state index in [1.54, 1.807) is 19.2 Å². The van der Waals surface area contributed by atoms with Crippen LogP contribution in [0.5, 0.6) is 0 Å². The number of hydrogen-bond acceptors (Lipinski definition) is 5. The third-order valence-electron chi connectivity index (χ3n) is 5.61. The standard InChI is InChI=1S/C23H22N4O3S/c1-27-14-19(13-24-27)31(29,30)26-17-9-7-15(8-10-17)21-11-18(12-23(28)16-5-6-16)25-22-4-2-3-20(21)22/h2-3,7-11,13-14,16,26H,4-6,12H2,1H3. The molecule has 1 fully saturated rings. The van der Waals surface area contributed by atoms with Gasteiger partial charge >= 0.3 is 0 Å². The van der Waals surface area contributed by atoms with Gasteiger partial charge in [0.05, 0.1) is 11.9 Å². The Labute approximate surface area is 180 Å². The minimum atomic E-state index is -3.69. The number of rotatable bonds is 7. The van der Waals surface area contributed by atoms with Gasteiger partial charge in [-0.25, -0.2) is 8.42 Å². The molecule has 0 saturated heterocycles. The van der Waals surface area contributed by atoms with Crippen molar-refractivity contribution in [2.24, 2.45) is 13.0 Å². The van der Waals surface area contributed by atoms with Crippen LogP contribution in [0.3, 0.4) is 0 Å². The first-order valence-electron chi connectivity index (χ1n) is 10.2. The van der Waals surface area contributed by atoms with Crippen LogP contribution in [-0.4, -0.2) is 29.0 Å². The van der Waals surface area contributed by atoms with Crippen molar-refractivity contribution in [3.8, 4) is 11.1 Å². The first-order chi connectivity index (χ1) is 14.9. The number of pyridine rings is 1. The fraction of sp³-hybridized carbons (Fsp3) is 0.261. The Bertz CT molecular complexity index is 1300. The second-order valence-corrected chi connectivity index (χ2v) is 9.76. The molecule has 8 heteroatoms. The Morgan fingerprint density at radius 1 is 1.23 bits per heavy atom. The lowest BCUT2D eigenvalue weighted by Crippen LogP contribution is -2.12. The van der Waals surface area contributed by atoms with E-state index in [2.05, 4.69) is 22.0 Å². The number of Topliss-reactive ketones (excluding diaryl/α,β-unsaturated/α-hetero) is 1. The average Bonchev–Trinajstić information content (AvgIpc) is 3.32. The summed E-state index contributed by atoms with van der Waals surface area (Å²) in [6.45, 7) is 0. The van der Waals surface area contributed by atoms with Crippen molar-refractivity contribution in [3.63, 3.8) is 0 Å². The van der Waals surface area contributed by atoms with Gasteiger partial charge in [0.25, 0.3) is 10.0 Å². The molecule has 0 atom stereocenters. The molecule has 2 aliphatic carbocycles. The molecule has 1 N–H and O–H groups in total. The lowest BCUT2D eigenvalue weighted by atomic mass is 9.97. The van der Waals surface area contributed by atoms with E-state index in [4.69, 9.17) is 4.98 Å². The number of aromatic nitrogens is 3. The van der Waals surface area contributed by atoms with Gasteiger partial charge < -0.3 is 0 Å². The monoisotopic (exact) mass is 434 g/mol. The molecule has 2 aliphatic rings. The summed E-state index contributed by atoms with van der Waals surface area (Å²) in [6.07, 6.45) is 10.0. The second-order valence-electron chi connectivity index (χ2n) is 8.08. The summed E-state index contributed by atoms with van der Waals surface area (Å²) in [5, 5.41) is 3.92. The zero-order valence-electron chi connectivity index (χ0n) is 17.1. The van der Waals surface area contributed by atoms with Crippen LogP contribution in [0.4, 0.5) is 5.69 Å². The Hall–Kier alpha value is -3.26. The van der Waals surface area contributed by atoms with Gasteiger partial charge in [-0.15, -0.1) is 0 Å². The molecular weight excluding hydrogens is 412 g/mol. The van der Waals surface area contributed by atoms with E-state index in [9.17, 15) is 13.2 Å². The third kappa shape index (κ3) is 4.03. The second kappa shape index (κ2) is 7.46. The van der Waals surface area contributed by atoms with Crippen LogP contribution in [0.1, 0.15) is 29.8 Å². The number of carbonyl (C=O) groups is 1. The molecule has 158 valence electrons. The molecule has 0 radical (unpaired) electrons. The van der Waals surface area contributed by atoms with E-state index in [-0.39, 0.29) is 16.6 Å². The normalized spacial score (nSPS) is 15.1. The number of benzene rings is 1. The van der Waals surface area contributed by atoms with Gasteiger partial charge in [0.15, 0.2) is 0 Å². The molecular formula is C23H22N4O3S. The predicted molar refractivity (Wildman–Crippen MR) is 118 cm³/mol. The fourth-order valence-electron chi connectivity index (χ4n) is 3.82. The summed E-state index contributed by atoms with van der Waals surface area (Å²) in [4.78, 5) is 17.1. The molecule has 7 nitrogen and oxygen atoms in total. The minimum Gasteiger partial charge on any atom is -0.299 e. The molecule has 0 unspecified atom stereocenters. The Morgan fingerprint density at radius 2 is 2.00 bits per heavy atom. The Balaban J connectivity index is 1.42. The maximum absolute atomic E-state index is 12.5. The molecule has 0 aliphatic heterocycles. The number of sulfonamides is 1. The van der Waals surface area contributed by atoms with Gasteiger partial charge in [-0.05, 0) is 42.2 Å². The molecule has 1 saturated carbocycles. The van der Waals surface area contributed by atoms with Gasteiger partial charge in [0.2, 0.25) is 0 Å². The summed E-state index contributed by atoms with van der Waals surface area (Å²) < 4.78 is 29.1. The quantitative estimate of drug-likeness (QED) is 0.615. The van der Waals surface area contributed by atoms with Crippen molar-refractivity contribution in [1.29, 1.82) is 0 Å². The average molecular weight is 435 g/mol. The SMILES string of the molecule is Cn1cc(S(=O)(=O)Nc2ccc(-c3cc(CC(=O)C4CC4)nc4c3C=CC4)cc2)cn1. The number of anilines is 1. The van der Waals surface area contributed by atoms with Crippen LogP contribution >= 0.6 is 0 Å². The van der Waals surface area contributed by atoms with Crippen molar-refractivity contribution in [1.82, 2.24) is 14.8 Å². The molecule has 1 aromatic carbocycles. The summed E-state index contributed by atoms with van der Waals surface area (Å²) >= 11 is 0. The van der Waals surface area contributed by atoms with E-state index in [1.807, 2.05) is 18.2 Å². The van der Waals surface area contributed by atoms with Gasteiger partial charge in [-0.1, -0.05) is 24.3 Å². The molecule has 0 spiro atoms. The van der Waals surface area contributed by atoms with Crippen LogP contribution in [0, 0.1) is 5.92 Å². The van der Waals surface area contributed by atoms with Gasteiger partial charge in [-0.2, -0.15) is 5.10 Å². The lowest BCUT2D eigenvalue weighted by molar-refractivity contribution is -0.119. The van der Waals surface area contributed by atoms with Gasteiger partial charge in [-0.3, -0.25) is 19.2 Å². The van der Waals surface area contributed by atoms with E-state index in [0.717, 1.165) is 47.3 Å². The molecule has 31 heavy (non-hydrogen) atoms. The van der Waals surface area contributed by atoms with Crippen molar-refractivity contribution >= 4 is 27.6 Å². The maximum Gasteiger partial charge on any atom is 0.265 e. The summed E-state index contributed by atoms with van der Waals surface area (Å²) in [7, 11) is -2.03. The number of ketones is 1. The number of carbonyl (C=O) groups excluding carboxylic acids is 1. The summed E-state index contributed by atoms with van der Waals surface area (Å²) in [5.41, 5.74) is 5.28. The van der Waals surface area contributed by atoms with Crippen molar-refractivity contribution in [3.05, 3.63) is 65.8 Å². The van der Waals surface area contributed by atoms with Crippen LogP contribution < -0.4 is 4.72 Å². The highest BCUT2D eigenvalue weighted by atomic mass is 32.2. The molecule has 0 amide bonds. The van der Waals surface area contributed by atoms with Crippen LogP contribution in [0.2, 0.25) is 0 Å². The highest BCUT2D eigenvalue weighted by Gasteiger charge is 2.30. The predicted octanol–water partition coefficient (Wildman–Crippen LogP) is 3.37. The van der Waals surface area contributed by atoms with E-state index >= 15 is 0 Å². The van der Waals surface area contributed by atoms with Crippen molar-refractivity contribution < 1.29 is 13.2 Å². The lowest BCUT2D eigenvalue weighted by Gasteiger charge is -2.12. The zero-order chi connectivity index (χ0) is 21.6. The van der Waals surface area contributed by atoms with Gasteiger partial charge in [0, 0.05) is 48.9 Å². The molecule has 5 rings (SSSR count).